The molecule has 0 N–H and O–H groups in total. The SMILES string of the molecule is CCOC(=O)c1cn(-c2ccc(-c3cn4ccsc4n3)cc2)nc1N(C(=O)C1CCC(C)CC1)C1CCOCC1. The van der Waals surface area contributed by atoms with Crippen LogP contribution in [0.2, 0.25) is 0 Å². The van der Waals surface area contributed by atoms with Gasteiger partial charge >= 0.3 is 5.97 Å². The van der Waals surface area contributed by atoms with Gasteiger partial charge in [0.25, 0.3) is 0 Å². The minimum atomic E-state index is -0.472. The summed E-state index contributed by atoms with van der Waals surface area (Å²) in [6.07, 6.45) is 10.9. The number of carbonyl (C=O) groups excluding carboxylic acids is 2. The van der Waals surface area contributed by atoms with E-state index in [4.69, 9.17) is 19.6 Å². The van der Waals surface area contributed by atoms with E-state index < -0.39 is 5.97 Å². The average molecular weight is 562 g/mol. The Bertz CT molecular complexity index is 1450. The van der Waals surface area contributed by atoms with E-state index in [1.807, 2.05) is 46.4 Å². The molecule has 1 saturated heterocycles. The smallest absolute Gasteiger partial charge is 0.343 e. The average Bonchev–Trinajstić information content (AvgIpc) is 3.70. The number of amides is 1. The number of hydrogen-bond acceptors (Lipinski definition) is 7. The van der Waals surface area contributed by atoms with E-state index in [0.717, 1.165) is 47.6 Å². The number of imidazole rings is 1. The Morgan fingerprint density at radius 3 is 2.52 bits per heavy atom. The van der Waals surface area contributed by atoms with Crippen LogP contribution in [0.15, 0.2) is 48.2 Å². The van der Waals surface area contributed by atoms with Gasteiger partial charge in [0.05, 0.1) is 18.0 Å². The first-order chi connectivity index (χ1) is 19.5. The molecule has 40 heavy (non-hydrogen) atoms. The van der Waals surface area contributed by atoms with E-state index in [-0.39, 0.29) is 24.5 Å². The van der Waals surface area contributed by atoms with Crippen molar-refractivity contribution in [3.63, 3.8) is 0 Å². The van der Waals surface area contributed by atoms with Gasteiger partial charge in [0, 0.05) is 54.7 Å². The molecule has 2 fully saturated rings. The summed E-state index contributed by atoms with van der Waals surface area (Å²) < 4.78 is 14.7. The summed E-state index contributed by atoms with van der Waals surface area (Å²) >= 11 is 1.59. The van der Waals surface area contributed by atoms with Gasteiger partial charge in [-0.05, 0) is 63.5 Å². The van der Waals surface area contributed by atoms with Crippen molar-refractivity contribution in [2.45, 2.75) is 58.4 Å². The van der Waals surface area contributed by atoms with Crippen molar-refractivity contribution < 1.29 is 19.1 Å². The van der Waals surface area contributed by atoms with E-state index >= 15 is 0 Å². The minimum Gasteiger partial charge on any atom is -0.462 e. The van der Waals surface area contributed by atoms with Crippen LogP contribution in [0.5, 0.6) is 0 Å². The first-order valence-corrected chi connectivity index (χ1v) is 15.1. The highest BCUT2D eigenvalue weighted by atomic mass is 32.1. The van der Waals surface area contributed by atoms with Gasteiger partial charge in [0.15, 0.2) is 10.8 Å². The van der Waals surface area contributed by atoms with Crippen LogP contribution in [-0.2, 0) is 14.3 Å². The van der Waals surface area contributed by atoms with Gasteiger partial charge in [-0.25, -0.2) is 14.5 Å². The zero-order valence-corrected chi connectivity index (χ0v) is 23.8. The third-order valence-electron chi connectivity index (χ3n) is 8.10. The Morgan fingerprint density at radius 2 is 1.82 bits per heavy atom. The van der Waals surface area contributed by atoms with Crippen LogP contribution >= 0.6 is 11.3 Å². The van der Waals surface area contributed by atoms with Crippen molar-refractivity contribution in [3.05, 3.63) is 53.8 Å². The molecular weight excluding hydrogens is 526 g/mol. The third-order valence-corrected chi connectivity index (χ3v) is 8.87. The summed E-state index contributed by atoms with van der Waals surface area (Å²) in [4.78, 5) is 34.7. The van der Waals surface area contributed by atoms with Crippen molar-refractivity contribution in [1.29, 1.82) is 0 Å². The second-order valence-corrected chi connectivity index (χ2v) is 11.7. The van der Waals surface area contributed by atoms with Crippen LogP contribution in [0.4, 0.5) is 5.82 Å². The zero-order valence-electron chi connectivity index (χ0n) is 23.0. The minimum absolute atomic E-state index is 0.0599. The predicted molar refractivity (Wildman–Crippen MR) is 154 cm³/mol. The molecule has 0 radical (unpaired) electrons. The van der Waals surface area contributed by atoms with Crippen molar-refractivity contribution in [1.82, 2.24) is 19.2 Å². The lowest BCUT2D eigenvalue weighted by atomic mass is 9.82. The highest BCUT2D eigenvalue weighted by molar-refractivity contribution is 7.15. The van der Waals surface area contributed by atoms with E-state index in [2.05, 4.69) is 6.92 Å². The van der Waals surface area contributed by atoms with Crippen molar-refractivity contribution in [2.24, 2.45) is 11.8 Å². The van der Waals surface area contributed by atoms with E-state index in [1.165, 1.54) is 0 Å². The number of ether oxygens (including phenoxy) is 2. The molecule has 4 heterocycles. The molecule has 3 aromatic heterocycles. The molecule has 1 amide bonds. The summed E-state index contributed by atoms with van der Waals surface area (Å²) in [7, 11) is 0. The highest BCUT2D eigenvalue weighted by Gasteiger charge is 2.37. The van der Waals surface area contributed by atoms with Gasteiger partial charge in [0.2, 0.25) is 5.91 Å². The second kappa shape index (κ2) is 11.5. The first kappa shape index (κ1) is 26.7. The van der Waals surface area contributed by atoms with Crippen LogP contribution in [0.1, 0.15) is 62.7 Å². The topological polar surface area (TPSA) is 91.0 Å². The van der Waals surface area contributed by atoms with Gasteiger partial charge in [-0.15, -0.1) is 16.4 Å². The molecule has 1 saturated carbocycles. The largest absolute Gasteiger partial charge is 0.462 e. The Balaban J connectivity index is 1.36. The Morgan fingerprint density at radius 1 is 1.07 bits per heavy atom. The highest BCUT2D eigenvalue weighted by Crippen LogP contribution is 2.35. The molecule has 1 aliphatic carbocycles. The van der Waals surface area contributed by atoms with Crippen molar-refractivity contribution in [2.75, 3.05) is 24.7 Å². The number of carbonyl (C=O) groups is 2. The number of rotatable bonds is 7. The Labute approximate surface area is 237 Å². The molecule has 0 bridgehead atoms. The summed E-state index contributed by atoms with van der Waals surface area (Å²) in [5.74, 6) is 0.539. The summed E-state index contributed by atoms with van der Waals surface area (Å²) in [6.45, 7) is 5.44. The molecule has 0 spiro atoms. The number of benzene rings is 1. The van der Waals surface area contributed by atoms with E-state index in [9.17, 15) is 9.59 Å². The number of aromatic nitrogens is 4. The molecule has 9 nitrogen and oxygen atoms in total. The fourth-order valence-electron chi connectivity index (χ4n) is 5.78. The van der Waals surface area contributed by atoms with Gasteiger partial charge in [-0.3, -0.25) is 14.1 Å². The van der Waals surface area contributed by atoms with Gasteiger partial charge in [-0.2, -0.15) is 0 Å². The number of hydrogen-bond donors (Lipinski definition) is 0. The van der Waals surface area contributed by atoms with Gasteiger partial charge < -0.3 is 9.47 Å². The Kier molecular flexibility index (Phi) is 7.71. The molecule has 4 aromatic rings. The zero-order chi connectivity index (χ0) is 27.6. The van der Waals surface area contributed by atoms with Crippen molar-refractivity contribution in [3.8, 4) is 16.9 Å². The maximum atomic E-state index is 14.1. The fourth-order valence-corrected chi connectivity index (χ4v) is 6.48. The Hall–Kier alpha value is -3.50. The monoisotopic (exact) mass is 561 g/mol. The van der Waals surface area contributed by atoms with Crippen LogP contribution in [0.3, 0.4) is 0 Å². The standard InChI is InChI=1S/C30H35N5O4S/c1-3-39-29(37)25-18-34(23-10-8-21(9-11-23)26-19-33-14-17-40-30(33)31-26)32-27(25)35(24-12-15-38-16-13-24)28(36)22-6-4-20(2)5-7-22/h8-11,14,17-20,22,24H,3-7,12-13,15-16H2,1-2H3. The molecule has 6 rings (SSSR count). The maximum absolute atomic E-state index is 14.1. The molecule has 10 heteroatoms. The molecule has 0 atom stereocenters. The molecular formula is C30H35N5O4S. The lowest BCUT2D eigenvalue weighted by Gasteiger charge is -2.37. The van der Waals surface area contributed by atoms with E-state index in [1.54, 1.807) is 34.0 Å². The molecule has 1 aromatic carbocycles. The first-order valence-electron chi connectivity index (χ1n) is 14.2. The quantitative estimate of drug-likeness (QED) is 0.266. The third kappa shape index (κ3) is 5.30. The number of anilines is 1. The number of fused-ring (bicyclic) bond motifs is 1. The lowest BCUT2D eigenvalue weighted by Crippen LogP contribution is -2.47. The van der Waals surface area contributed by atoms with Crippen LogP contribution in [-0.4, -0.2) is 56.9 Å². The lowest BCUT2D eigenvalue weighted by molar-refractivity contribution is -0.124. The normalized spacial score (nSPS) is 20.1. The van der Waals surface area contributed by atoms with E-state index in [0.29, 0.717) is 43.4 Å². The molecule has 2 aliphatic rings. The number of nitrogens with zero attached hydrogens (tertiary/aromatic N) is 5. The molecule has 0 unspecified atom stereocenters. The van der Waals surface area contributed by atoms with Crippen molar-refractivity contribution >= 4 is 34.0 Å². The maximum Gasteiger partial charge on any atom is 0.343 e. The van der Waals surface area contributed by atoms with Crippen LogP contribution < -0.4 is 4.90 Å². The van der Waals surface area contributed by atoms with Crippen LogP contribution in [0, 0.1) is 11.8 Å². The number of thiazole rings is 1. The van der Waals surface area contributed by atoms with Crippen LogP contribution in [0.25, 0.3) is 21.9 Å². The molecule has 210 valence electrons. The fraction of sp³-hybridized carbons (Fsp3) is 0.467. The van der Waals surface area contributed by atoms with Gasteiger partial charge in [-0.1, -0.05) is 19.1 Å². The number of esters is 1. The molecule has 1 aliphatic heterocycles. The summed E-state index contributed by atoms with van der Waals surface area (Å²) in [5, 5.41) is 6.89. The second-order valence-electron chi connectivity index (χ2n) is 10.8. The summed E-state index contributed by atoms with van der Waals surface area (Å²) in [6, 6.07) is 7.83. The van der Waals surface area contributed by atoms with Gasteiger partial charge in [0.1, 0.15) is 5.56 Å². The predicted octanol–water partition coefficient (Wildman–Crippen LogP) is 5.76. The summed E-state index contributed by atoms with van der Waals surface area (Å²) in [5.41, 5.74) is 2.98.